The highest BCUT2D eigenvalue weighted by Crippen LogP contribution is 2.31. The van der Waals surface area contributed by atoms with Crippen molar-refractivity contribution in [3.63, 3.8) is 0 Å². The normalized spacial score (nSPS) is 15.5. The number of hydrogen-bond acceptors (Lipinski definition) is 1. The monoisotopic (exact) mass is 308 g/mol. The molecule has 1 aromatic heterocycles. The summed E-state index contributed by atoms with van der Waals surface area (Å²) in [5.74, 6) is 0. The van der Waals surface area contributed by atoms with Crippen LogP contribution in [0.1, 0.15) is 11.3 Å². The molecule has 2 aromatic rings. The molecule has 2 heterocycles. The Kier molecular flexibility index (Phi) is 2.78. The lowest BCUT2D eigenvalue weighted by Crippen LogP contribution is -2.31. The highest BCUT2D eigenvalue weighted by molar-refractivity contribution is 9.10. The molecule has 3 rings (SSSR count). The van der Waals surface area contributed by atoms with E-state index in [9.17, 15) is 4.79 Å². The van der Waals surface area contributed by atoms with E-state index in [1.165, 1.54) is 21.5 Å². The summed E-state index contributed by atoms with van der Waals surface area (Å²) in [5, 5.41) is 10.2. The Labute approximate surface area is 113 Å². The number of nitrogens with zero attached hydrogens (tertiary/aromatic N) is 1. The van der Waals surface area contributed by atoms with E-state index in [0.29, 0.717) is 13.1 Å². The summed E-state index contributed by atoms with van der Waals surface area (Å²) >= 11 is 3.57. The zero-order valence-corrected chi connectivity index (χ0v) is 11.3. The largest absolute Gasteiger partial charge is 0.465 e. The minimum absolute atomic E-state index is 0.562. The standard InChI is InChI=1S/C13H13BrN2O2/c14-9-2-1-3-11-12(9)8-4-6-16(13(17)18)7-5-10(8)15-11/h1-3,15H,4-7H2,(H,17,18). The Balaban J connectivity index is 2.06. The molecule has 0 unspecified atom stereocenters. The fourth-order valence-corrected chi connectivity index (χ4v) is 3.22. The van der Waals surface area contributed by atoms with Gasteiger partial charge in [-0.05, 0) is 24.1 Å². The van der Waals surface area contributed by atoms with Crippen molar-refractivity contribution in [2.75, 3.05) is 13.1 Å². The first-order valence-corrected chi connectivity index (χ1v) is 6.72. The molecule has 1 aliphatic heterocycles. The van der Waals surface area contributed by atoms with E-state index in [0.717, 1.165) is 22.8 Å². The Bertz CT molecular complexity index is 621. The van der Waals surface area contributed by atoms with E-state index in [-0.39, 0.29) is 0 Å². The number of hydrogen-bond donors (Lipinski definition) is 2. The maximum Gasteiger partial charge on any atom is 0.407 e. The zero-order chi connectivity index (χ0) is 12.7. The van der Waals surface area contributed by atoms with Gasteiger partial charge in [-0.1, -0.05) is 22.0 Å². The van der Waals surface area contributed by atoms with E-state index in [2.05, 4.69) is 27.0 Å². The van der Waals surface area contributed by atoms with Crippen LogP contribution in [-0.2, 0) is 12.8 Å². The van der Waals surface area contributed by atoms with E-state index in [1.807, 2.05) is 12.1 Å². The minimum Gasteiger partial charge on any atom is -0.465 e. The number of benzene rings is 1. The van der Waals surface area contributed by atoms with Crippen molar-refractivity contribution in [3.05, 3.63) is 33.9 Å². The smallest absolute Gasteiger partial charge is 0.407 e. The first-order chi connectivity index (χ1) is 8.66. The van der Waals surface area contributed by atoms with Crippen molar-refractivity contribution in [1.29, 1.82) is 0 Å². The molecule has 1 amide bonds. The van der Waals surface area contributed by atoms with Crippen molar-refractivity contribution in [1.82, 2.24) is 9.88 Å². The second-order valence-corrected chi connectivity index (χ2v) is 5.37. The number of aromatic nitrogens is 1. The molecule has 2 N–H and O–H groups in total. The molecule has 0 saturated carbocycles. The lowest BCUT2D eigenvalue weighted by atomic mass is 10.1. The second kappa shape index (κ2) is 4.31. The van der Waals surface area contributed by atoms with Gasteiger partial charge in [-0.2, -0.15) is 0 Å². The number of carbonyl (C=O) groups is 1. The summed E-state index contributed by atoms with van der Waals surface area (Å²) in [6, 6.07) is 6.09. The molecule has 0 spiro atoms. The molecule has 94 valence electrons. The average Bonchev–Trinajstić information content (AvgIpc) is 2.56. The number of halogens is 1. The second-order valence-electron chi connectivity index (χ2n) is 4.51. The summed E-state index contributed by atoms with van der Waals surface area (Å²) in [6.07, 6.45) is 0.691. The van der Waals surface area contributed by atoms with Gasteiger partial charge in [0.25, 0.3) is 0 Å². The van der Waals surface area contributed by atoms with Gasteiger partial charge in [-0.15, -0.1) is 0 Å². The van der Waals surface area contributed by atoms with Crippen molar-refractivity contribution >= 4 is 32.9 Å². The Hall–Kier alpha value is -1.49. The Morgan fingerprint density at radius 1 is 1.33 bits per heavy atom. The van der Waals surface area contributed by atoms with Crippen LogP contribution in [0, 0.1) is 0 Å². The predicted molar refractivity (Wildman–Crippen MR) is 73.0 cm³/mol. The number of nitrogens with one attached hydrogen (secondary N) is 1. The highest BCUT2D eigenvalue weighted by Gasteiger charge is 2.21. The molecule has 4 nitrogen and oxygen atoms in total. The molecular weight excluding hydrogens is 296 g/mol. The molecule has 0 fully saturated rings. The summed E-state index contributed by atoms with van der Waals surface area (Å²) in [6.45, 7) is 1.13. The molecule has 0 saturated heterocycles. The van der Waals surface area contributed by atoms with Gasteiger partial charge in [0.15, 0.2) is 0 Å². The molecule has 5 heteroatoms. The average molecular weight is 309 g/mol. The van der Waals surface area contributed by atoms with Crippen LogP contribution in [0.3, 0.4) is 0 Å². The van der Waals surface area contributed by atoms with Gasteiger partial charge in [0.1, 0.15) is 0 Å². The van der Waals surface area contributed by atoms with E-state index < -0.39 is 6.09 Å². The van der Waals surface area contributed by atoms with Gasteiger partial charge in [-0.3, -0.25) is 0 Å². The molecule has 18 heavy (non-hydrogen) atoms. The number of fused-ring (bicyclic) bond motifs is 3. The van der Waals surface area contributed by atoms with Crippen LogP contribution in [0.5, 0.6) is 0 Å². The van der Waals surface area contributed by atoms with Crippen LogP contribution < -0.4 is 0 Å². The van der Waals surface area contributed by atoms with Crippen molar-refractivity contribution in [2.24, 2.45) is 0 Å². The van der Waals surface area contributed by atoms with Crippen LogP contribution in [0.4, 0.5) is 4.79 Å². The first kappa shape index (κ1) is 11.6. The molecular formula is C13H13BrN2O2. The van der Waals surface area contributed by atoms with Crippen LogP contribution in [-0.4, -0.2) is 34.2 Å². The van der Waals surface area contributed by atoms with Gasteiger partial charge in [-0.25, -0.2) is 4.79 Å². The summed E-state index contributed by atoms with van der Waals surface area (Å²) in [7, 11) is 0. The van der Waals surface area contributed by atoms with E-state index in [1.54, 1.807) is 0 Å². The van der Waals surface area contributed by atoms with E-state index in [4.69, 9.17) is 5.11 Å². The number of aromatic amines is 1. The molecule has 0 radical (unpaired) electrons. The lowest BCUT2D eigenvalue weighted by Gasteiger charge is -2.15. The molecule has 1 aromatic carbocycles. The third kappa shape index (κ3) is 1.79. The van der Waals surface area contributed by atoms with Crippen LogP contribution >= 0.6 is 15.9 Å². The van der Waals surface area contributed by atoms with Crippen LogP contribution in [0.25, 0.3) is 10.9 Å². The third-order valence-electron chi connectivity index (χ3n) is 3.50. The fourth-order valence-electron chi connectivity index (χ4n) is 2.61. The van der Waals surface area contributed by atoms with Gasteiger partial charge in [0.05, 0.1) is 0 Å². The van der Waals surface area contributed by atoms with Crippen molar-refractivity contribution < 1.29 is 9.90 Å². The predicted octanol–water partition coefficient (Wildman–Crippen LogP) is 3.01. The maximum atomic E-state index is 11.0. The fraction of sp³-hybridized carbons (Fsp3) is 0.308. The highest BCUT2D eigenvalue weighted by atomic mass is 79.9. The zero-order valence-electron chi connectivity index (χ0n) is 9.74. The number of amides is 1. The molecule has 1 aliphatic rings. The first-order valence-electron chi connectivity index (χ1n) is 5.92. The quantitative estimate of drug-likeness (QED) is 0.786. The lowest BCUT2D eigenvalue weighted by molar-refractivity contribution is 0.147. The molecule has 0 aliphatic carbocycles. The van der Waals surface area contributed by atoms with Gasteiger partial charge in [0, 0.05) is 40.6 Å². The van der Waals surface area contributed by atoms with Gasteiger partial charge >= 0.3 is 6.09 Å². The summed E-state index contributed by atoms with van der Waals surface area (Å²) < 4.78 is 1.07. The SMILES string of the molecule is O=C(O)N1CCc2[nH]c3cccc(Br)c3c2CC1. The third-order valence-corrected chi connectivity index (χ3v) is 4.16. The van der Waals surface area contributed by atoms with Crippen LogP contribution in [0.2, 0.25) is 0 Å². The number of H-pyrrole nitrogens is 1. The van der Waals surface area contributed by atoms with Crippen molar-refractivity contribution in [3.8, 4) is 0 Å². The maximum absolute atomic E-state index is 11.0. The summed E-state index contributed by atoms with van der Waals surface area (Å²) in [4.78, 5) is 15.9. The number of rotatable bonds is 0. The van der Waals surface area contributed by atoms with Crippen LogP contribution in [0.15, 0.2) is 22.7 Å². The molecule has 0 bridgehead atoms. The number of carboxylic acid groups (broad SMARTS) is 1. The van der Waals surface area contributed by atoms with Gasteiger partial charge < -0.3 is 15.0 Å². The Morgan fingerprint density at radius 2 is 2.11 bits per heavy atom. The topological polar surface area (TPSA) is 56.3 Å². The van der Waals surface area contributed by atoms with Crippen molar-refractivity contribution in [2.45, 2.75) is 12.8 Å². The summed E-state index contributed by atoms with van der Waals surface area (Å²) in [5.41, 5.74) is 3.54. The van der Waals surface area contributed by atoms with E-state index >= 15 is 0 Å². The Morgan fingerprint density at radius 3 is 2.89 bits per heavy atom. The van der Waals surface area contributed by atoms with Gasteiger partial charge in [0.2, 0.25) is 0 Å². The molecule has 0 atom stereocenters. The minimum atomic E-state index is -0.830.